The second kappa shape index (κ2) is 5.89. The zero-order chi connectivity index (χ0) is 15.6. The molecule has 4 aromatic rings. The van der Waals surface area contributed by atoms with E-state index in [0.29, 0.717) is 0 Å². The van der Waals surface area contributed by atoms with Crippen LogP contribution in [0.1, 0.15) is 5.82 Å². The van der Waals surface area contributed by atoms with E-state index >= 15 is 0 Å². The van der Waals surface area contributed by atoms with Gasteiger partial charge in [-0.15, -0.1) is 10.2 Å². The van der Waals surface area contributed by atoms with Crippen molar-refractivity contribution in [1.29, 1.82) is 0 Å². The molecule has 2 aromatic carbocycles. The summed E-state index contributed by atoms with van der Waals surface area (Å²) in [5.74, 6) is 1.77. The van der Waals surface area contributed by atoms with Gasteiger partial charge in [-0.1, -0.05) is 42.1 Å². The summed E-state index contributed by atoms with van der Waals surface area (Å²) < 4.78 is 4.12. The van der Waals surface area contributed by atoms with E-state index in [4.69, 9.17) is 4.98 Å². The SMILES string of the molecule is Cn1c(CSc2nncn2-c2ccccc2)nc2ccccc21. The molecule has 2 heterocycles. The van der Waals surface area contributed by atoms with Gasteiger partial charge in [0.2, 0.25) is 0 Å². The van der Waals surface area contributed by atoms with Crippen molar-refractivity contribution in [1.82, 2.24) is 24.3 Å². The Morgan fingerprint density at radius 1 is 1.00 bits per heavy atom. The lowest BCUT2D eigenvalue weighted by Crippen LogP contribution is -1.98. The zero-order valence-electron chi connectivity index (χ0n) is 12.6. The van der Waals surface area contributed by atoms with Crippen LogP contribution in [0.2, 0.25) is 0 Å². The Kier molecular flexibility index (Phi) is 3.59. The lowest BCUT2D eigenvalue weighted by atomic mass is 10.3. The first-order valence-corrected chi connectivity index (χ1v) is 8.30. The summed E-state index contributed by atoms with van der Waals surface area (Å²) in [6.07, 6.45) is 1.74. The second-order valence-corrected chi connectivity index (χ2v) is 6.13. The number of aromatic nitrogens is 5. The van der Waals surface area contributed by atoms with E-state index in [1.165, 1.54) is 0 Å². The summed E-state index contributed by atoms with van der Waals surface area (Å²) in [6.45, 7) is 0. The molecule has 0 atom stereocenters. The highest BCUT2D eigenvalue weighted by Gasteiger charge is 2.11. The van der Waals surface area contributed by atoms with E-state index in [9.17, 15) is 0 Å². The second-order valence-electron chi connectivity index (χ2n) is 5.18. The quantitative estimate of drug-likeness (QED) is 0.540. The maximum atomic E-state index is 4.70. The van der Waals surface area contributed by atoms with Crippen molar-refractivity contribution in [3.63, 3.8) is 0 Å². The molecule has 0 aliphatic rings. The number of fused-ring (bicyclic) bond motifs is 1. The number of aryl methyl sites for hydroxylation is 1. The number of thioether (sulfide) groups is 1. The zero-order valence-corrected chi connectivity index (χ0v) is 13.4. The summed E-state index contributed by atoms with van der Waals surface area (Å²) in [5, 5.41) is 9.14. The Hall–Kier alpha value is -2.60. The molecule has 0 aliphatic heterocycles. The van der Waals surface area contributed by atoms with Gasteiger partial charge in [0.15, 0.2) is 5.16 Å². The number of nitrogens with zero attached hydrogens (tertiary/aromatic N) is 5. The van der Waals surface area contributed by atoms with Gasteiger partial charge in [-0.25, -0.2) is 4.98 Å². The van der Waals surface area contributed by atoms with Crippen molar-refractivity contribution in [2.24, 2.45) is 7.05 Å². The molecular formula is C17H15N5S. The summed E-state index contributed by atoms with van der Waals surface area (Å²) in [4.78, 5) is 4.70. The minimum atomic E-state index is 0.747. The summed E-state index contributed by atoms with van der Waals surface area (Å²) in [6, 6.07) is 18.3. The predicted molar refractivity (Wildman–Crippen MR) is 91.6 cm³/mol. The van der Waals surface area contributed by atoms with Gasteiger partial charge in [0.1, 0.15) is 12.2 Å². The molecule has 0 bridgehead atoms. The summed E-state index contributed by atoms with van der Waals surface area (Å²) in [5.41, 5.74) is 3.23. The molecule has 0 amide bonds. The van der Waals surface area contributed by atoms with Gasteiger partial charge in [0, 0.05) is 12.7 Å². The van der Waals surface area contributed by atoms with Crippen molar-refractivity contribution >= 4 is 22.8 Å². The molecule has 0 saturated carbocycles. The molecule has 0 unspecified atom stereocenters. The number of hydrogen-bond donors (Lipinski definition) is 0. The van der Waals surface area contributed by atoms with E-state index in [-0.39, 0.29) is 0 Å². The Morgan fingerprint density at radius 3 is 2.61 bits per heavy atom. The van der Waals surface area contributed by atoms with E-state index in [2.05, 4.69) is 20.8 Å². The summed E-state index contributed by atoms with van der Waals surface area (Å²) in [7, 11) is 2.05. The molecule has 0 spiro atoms. The number of benzene rings is 2. The molecule has 114 valence electrons. The van der Waals surface area contributed by atoms with E-state index in [0.717, 1.165) is 33.5 Å². The summed E-state index contributed by atoms with van der Waals surface area (Å²) >= 11 is 1.64. The largest absolute Gasteiger partial charge is 0.330 e. The fourth-order valence-electron chi connectivity index (χ4n) is 2.54. The van der Waals surface area contributed by atoms with Gasteiger partial charge in [-0.05, 0) is 24.3 Å². The lowest BCUT2D eigenvalue weighted by Gasteiger charge is -2.06. The van der Waals surface area contributed by atoms with Crippen LogP contribution in [0.25, 0.3) is 16.7 Å². The van der Waals surface area contributed by atoms with E-state index in [1.54, 1.807) is 18.1 Å². The fraction of sp³-hybridized carbons (Fsp3) is 0.118. The maximum absolute atomic E-state index is 4.70. The van der Waals surface area contributed by atoms with Crippen LogP contribution in [0.5, 0.6) is 0 Å². The van der Waals surface area contributed by atoms with Gasteiger partial charge >= 0.3 is 0 Å². The minimum Gasteiger partial charge on any atom is -0.330 e. The average molecular weight is 321 g/mol. The van der Waals surface area contributed by atoms with E-state index < -0.39 is 0 Å². The van der Waals surface area contributed by atoms with Crippen molar-refractivity contribution in [2.75, 3.05) is 0 Å². The maximum Gasteiger partial charge on any atom is 0.196 e. The van der Waals surface area contributed by atoms with Crippen LogP contribution in [0, 0.1) is 0 Å². The number of imidazole rings is 1. The molecule has 0 fully saturated rings. The lowest BCUT2D eigenvalue weighted by molar-refractivity contribution is 0.860. The molecule has 4 rings (SSSR count). The first-order chi connectivity index (χ1) is 11.3. The first kappa shape index (κ1) is 14.0. The van der Waals surface area contributed by atoms with Gasteiger partial charge in [0.05, 0.1) is 16.8 Å². The molecule has 6 heteroatoms. The number of rotatable bonds is 4. The normalized spacial score (nSPS) is 11.2. The molecule has 0 aliphatic carbocycles. The van der Waals surface area contributed by atoms with Crippen LogP contribution in [0.4, 0.5) is 0 Å². The Bertz CT molecular complexity index is 942. The van der Waals surface area contributed by atoms with Gasteiger partial charge in [-0.3, -0.25) is 4.57 Å². The Balaban J connectivity index is 1.60. The molecule has 0 saturated heterocycles. The van der Waals surface area contributed by atoms with E-state index in [1.807, 2.05) is 60.1 Å². The highest BCUT2D eigenvalue weighted by molar-refractivity contribution is 7.98. The molecule has 0 radical (unpaired) electrons. The number of para-hydroxylation sites is 3. The average Bonchev–Trinajstić information content (AvgIpc) is 3.19. The van der Waals surface area contributed by atoms with Crippen molar-refractivity contribution < 1.29 is 0 Å². The first-order valence-electron chi connectivity index (χ1n) is 7.31. The highest BCUT2D eigenvalue weighted by Crippen LogP contribution is 2.24. The molecular weight excluding hydrogens is 306 g/mol. The highest BCUT2D eigenvalue weighted by atomic mass is 32.2. The third kappa shape index (κ3) is 2.61. The van der Waals surface area contributed by atoms with Gasteiger partial charge in [0.25, 0.3) is 0 Å². The molecule has 0 N–H and O–H groups in total. The fourth-order valence-corrected chi connectivity index (χ4v) is 3.46. The third-order valence-corrected chi connectivity index (χ3v) is 4.70. The molecule has 2 aromatic heterocycles. The smallest absolute Gasteiger partial charge is 0.196 e. The van der Waals surface area contributed by atoms with Crippen LogP contribution in [0.3, 0.4) is 0 Å². The Labute approximate surface area is 138 Å². The minimum absolute atomic E-state index is 0.747. The molecule has 5 nitrogen and oxygen atoms in total. The van der Waals surface area contributed by atoms with Crippen LogP contribution in [-0.4, -0.2) is 24.3 Å². The van der Waals surface area contributed by atoms with Crippen LogP contribution in [-0.2, 0) is 12.8 Å². The van der Waals surface area contributed by atoms with Crippen molar-refractivity contribution in [2.45, 2.75) is 10.9 Å². The van der Waals surface area contributed by atoms with Gasteiger partial charge < -0.3 is 4.57 Å². The van der Waals surface area contributed by atoms with Crippen LogP contribution < -0.4 is 0 Å². The monoisotopic (exact) mass is 321 g/mol. The number of hydrogen-bond acceptors (Lipinski definition) is 4. The molecule has 23 heavy (non-hydrogen) atoms. The van der Waals surface area contributed by atoms with Gasteiger partial charge in [-0.2, -0.15) is 0 Å². The van der Waals surface area contributed by atoms with Crippen LogP contribution >= 0.6 is 11.8 Å². The van der Waals surface area contributed by atoms with Crippen LogP contribution in [0.15, 0.2) is 66.1 Å². The Morgan fingerprint density at radius 2 is 1.78 bits per heavy atom. The van der Waals surface area contributed by atoms with Crippen molar-refractivity contribution in [3.8, 4) is 5.69 Å². The topological polar surface area (TPSA) is 48.5 Å². The third-order valence-electron chi connectivity index (χ3n) is 3.76. The standard InChI is InChI=1S/C17H15N5S/c1-21-15-10-6-5-9-14(15)19-16(21)11-23-17-20-18-12-22(17)13-7-3-2-4-8-13/h2-10,12H,11H2,1H3. The predicted octanol–water partition coefficient (Wildman–Crippen LogP) is 3.45. The van der Waals surface area contributed by atoms with Crippen molar-refractivity contribution in [3.05, 3.63) is 66.7 Å².